The van der Waals surface area contributed by atoms with Crippen molar-refractivity contribution in [1.29, 1.82) is 0 Å². The summed E-state index contributed by atoms with van der Waals surface area (Å²) in [5.41, 5.74) is 5.18. The highest BCUT2D eigenvalue weighted by atomic mass is 35.5. The Balaban J connectivity index is 0.993. The number of piperazine rings is 1. The Bertz CT molecular complexity index is 2590. The number of H-pyrrole nitrogens is 1. The summed E-state index contributed by atoms with van der Waals surface area (Å²) in [6.07, 6.45) is 6.24. The van der Waals surface area contributed by atoms with E-state index in [0.717, 1.165) is 75.5 Å². The molecule has 3 N–H and O–H groups in total. The lowest BCUT2D eigenvalue weighted by molar-refractivity contribution is 0.00153. The fraction of sp³-hybridized carbons (Fsp3) is 0.404. The highest BCUT2D eigenvalue weighted by molar-refractivity contribution is 7.90. The van der Waals surface area contributed by atoms with Gasteiger partial charge >= 0.3 is 0 Å². The lowest BCUT2D eigenvalue weighted by atomic mass is 9.72. The molecule has 11 nitrogen and oxygen atoms in total. The molecule has 62 heavy (non-hydrogen) atoms. The third-order valence-corrected chi connectivity index (χ3v) is 14.7. The summed E-state index contributed by atoms with van der Waals surface area (Å²) in [5.74, 6) is 0.209. The fourth-order valence-corrected chi connectivity index (χ4v) is 10.4. The van der Waals surface area contributed by atoms with Gasteiger partial charge in [0.2, 0.25) is 0 Å². The minimum atomic E-state index is -4.38. The van der Waals surface area contributed by atoms with Crippen LogP contribution < -0.4 is 19.1 Å². The maximum absolute atomic E-state index is 14.0. The number of ether oxygens (including phenoxy) is 2. The van der Waals surface area contributed by atoms with Crippen LogP contribution in [0.25, 0.3) is 16.5 Å². The predicted octanol–water partition coefficient (Wildman–Crippen LogP) is 10.5. The first-order chi connectivity index (χ1) is 29.5. The van der Waals surface area contributed by atoms with Crippen LogP contribution in [0, 0.1) is 11.3 Å². The van der Waals surface area contributed by atoms with E-state index in [0.29, 0.717) is 41.9 Å². The summed E-state index contributed by atoms with van der Waals surface area (Å²) in [4.78, 5) is 18.5. The first kappa shape index (κ1) is 44.3. The third kappa shape index (κ3) is 10.2. The smallest absolute Gasteiger partial charge is 0.268 e. The first-order valence-corrected chi connectivity index (χ1v) is 23.7. The van der Waals surface area contributed by atoms with Crippen molar-refractivity contribution in [2.24, 2.45) is 11.3 Å². The number of carbonyl (C=O) groups is 1. The monoisotopic (exact) mass is 919 g/mol. The van der Waals surface area contributed by atoms with Crippen LogP contribution in [-0.4, -0.2) is 79.5 Å². The number of amides is 1. The Morgan fingerprint density at radius 3 is 2.37 bits per heavy atom. The van der Waals surface area contributed by atoms with Crippen LogP contribution in [0.3, 0.4) is 0 Å². The molecule has 2 heterocycles. The summed E-state index contributed by atoms with van der Waals surface area (Å²) in [6.45, 7) is 11.0. The molecule has 0 spiro atoms. The summed E-state index contributed by atoms with van der Waals surface area (Å²) in [7, 11) is -4.38. The Morgan fingerprint density at radius 1 is 0.903 bits per heavy atom. The van der Waals surface area contributed by atoms with Crippen LogP contribution in [0.15, 0.2) is 89.3 Å². The molecule has 15 heteroatoms. The summed E-state index contributed by atoms with van der Waals surface area (Å²) >= 11 is 19.2. The molecule has 0 unspecified atom stereocenters. The van der Waals surface area contributed by atoms with E-state index in [4.69, 9.17) is 44.3 Å². The number of nitrogens with one attached hydrogen (secondary N) is 2. The number of fused-ring (bicyclic) bond motifs is 1. The number of carbonyl (C=O) groups excluding carboxylic acids is 1. The number of benzene rings is 4. The number of anilines is 1. The van der Waals surface area contributed by atoms with E-state index in [9.17, 15) is 18.3 Å². The van der Waals surface area contributed by atoms with Crippen LogP contribution in [0.5, 0.6) is 17.2 Å². The Hall–Kier alpha value is -4.30. The van der Waals surface area contributed by atoms with Gasteiger partial charge < -0.3 is 19.5 Å². The summed E-state index contributed by atoms with van der Waals surface area (Å²) < 4.78 is 42.0. The van der Waals surface area contributed by atoms with Crippen LogP contribution in [0.2, 0.25) is 15.2 Å². The number of nitrogens with zero attached hydrogens (tertiary/aromatic N) is 3. The molecule has 5 aromatic rings. The van der Waals surface area contributed by atoms with Gasteiger partial charge in [-0.2, -0.15) is 5.10 Å². The number of aliphatic hydroxyl groups is 1. The molecular weight excluding hydrogens is 869 g/mol. The summed E-state index contributed by atoms with van der Waals surface area (Å²) in [6, 6.07) is 22.8. The number of hydrogen-bond acceptors (Lipinski definition) is 9. The molecule has 0 bridgehead atoms. The van der Waals surface area contributed by atoms with Gasteiger partial charge in [-0.15, -0.1) is 0 Å². The van der Waals surface area contributed by atoms with Gasteiger partial charge in [0.1, 0.15) is 17.2 Å². The van der Waals surface area contributed by atoms with Crippen LogP contribution in [0.1, 0.15) is 81.6 Å². The van der Waals surface area contributed by atoms with Crippen LogP contribution in [0.4, 0.5) is 5.69 Å². The molecule has 2 fully saturated rings. The average molecular weight is 921 g/mol. The predicted molar refractivity (Wildman–Crippen MR) is 246 cm³/mol. The van der Waals surface area contributed by atoms with Gasteiger partial charge in [0, 0.05) is 49.5 Å². The molecular formula is C47H52Cl3N5O6S. The minimum Gasteiger partial charge on any atom is -0.492 e. The molecule has 3 aliphatic rings. The number of aromatic nitrogens is 2. The van der Waals surface area contributed by atoms with Gasteiger partial charge in [-0.1, -0.05) is 72.4 Å². The molecule has 0 radical (unpaired) electrons. The second-order valence-corrected chi connectivity index (χ2v) is 20.8. The van der Waals surface area contributed by atoms with Crippen molar-refractivity contribution in [1.82, 2.24) is 19.8 Å². The van der Waals surface area contributed by atoms with Crippen molar-refractivity contribution < 1.29 is 27.8 Å². The lowest BCUT2D eigenvalue weighted by Gasteiger charge is -2.39. The molecule has 2 aliphatic carbocycles. The van der Waals surface area contributed by atoms with Gasteiger partial charge in [-0.25, -0.2) is 13.1 Å². The standard InChI is InChI=1S/C47H52Cl3N5O6S/c1-46(2)18-17-32(37(27-46)31-7-9-33(48)10-8-31)28-54-21-23-55(24-22-54)34-11-13-36(42(25-34)61-41-6-4-5-39-43(41)44(50)52-51-39)45(56)53-62(58,59)35-12-14-40(38(49)26-35)60-29-30-15-19-47(3,57)20-16-30/h4-14,25-26,30,57H,15-24,27-29H2,1-3H3,(H,51,52)(H,53,56)/t30-,47+. The molecule has 1 saturated carbocycles. The fourth-order valence-electron chi connectivity index (χ4n) is 8.76. The van der Waals surface area contributed by atoms with E-state index in [2.05, 4.69) is 50.7 Å². The van der Waals surface area contributed by atoms with Gasteiger partial charge in [0.25, 0.3) is 15.9 Å². The van der Waals surface area contributed by atoms with E-state index >= 15 is 0 Å². The van der Waals surface area contributed by atoms with E-state index in [1.165, 1.54) is 34.9 Å². The quantitative estimate of drug-likeness (QED) is 0.112. The highest BCUT2D eigenvalue weighted by Gasteiger charge is 2.31. The summed E-state index contributed by atoms with van der Waals surface area (Å²) in [5, 5.41) is 18.8. The molecule has 1 saturated heterocycles. The van der Waals surface area contributed by atoms with E-state index in [-0.39, 0.29) is 37.7 Å². The number of halogens is 3. The van der Waals surface area contributed by atoms with Crippen LogP contribution in [-0.2, 0) is 10.0 Å². The zero-order valence-corrected chi connectivity index (χ0v) is 38.2. The van der Waals surface area contributed by atoms with Crippen molar-refractivity contribution in [3.8, 4) is 17.2 Å². The maximum Gasteiger partial charge on any atom is 0.268 e. The number of aromatic amines is 1. The molecule has 0 atom stereocenters. The zero-order chi connectivity index (χ0) is 43.8. The van der Waals surface area contributed by atoms with Crippen molar-refractivity contribution in [2.75, 3.05) is 44.2 Å². The zero-order valence-electron chi connectivity index (χ0n) is 35.1. The first-order valence-electron chi connectivity index (χ1n) is 21.1. The van der Waals surface area contributed by atoms with Crippen molar-refractivity contribution in [3.63, 3.8) is 0 Å². The second kappa shape index (κ2) is 18.1. The van der Waals surface area contributed by atoms with Gasteiger partial charge in [-0.05, 0) is 129 Å². The van der Waals surface area contributed by atoms with Crippen molar-refractivity contribution in [2.45, 2.75) is 76.2 Å². The average Bonchev–Trinajstić information content (AvgIpc) is 3.62. The molecule has 1 aromatic heterocycles. The number of sulfonamides is 1. The van der Waals surface area contributed by atoms with Gasteiger partial charge in [0.05, 0.1) is 38.6 Å². The Morgan fingerprint density at radius 2 is 1.65 bits per heavy atom. The number of allylic oxidation sites excluding steroid dienone is 1. The van der Waals surface area contributed by atoms with E-state index in [1.54, 1.807) is 24.3 Å². The molecule has 8 rings (SSSR count). The minimum absolute atomic E-state index is 0.00646. The van der Waals surface area contributed by atoms with Crippen molar-refractivity contribution in [3.05, 3.63) is 111 Å². The Kier molecular flexibility index (Phi) is 12.9. The van der Waals surface area contributed by atoms with Crippen molar-refractivity contribution >= 4 is 72.9 Å². The van der Waals surface area contributed by atoms with Gasteiger partial charge in [0.15, 0.2) is 5.15 Å². The molecule has 328 valence electrons. The maximum atomic E-state index is 14.0. The second-order valence-electron chi connectivity index (χ2n) is 17.9. The molecule has 4 aromatic carbocycles. The number of hydrogen-bond donors (Lipinski definition) is 3. The van der Waals surface area contributed by atoms with Gasteiger partial charge in [-0.3, -0.25) is 14.8 Å². The Labute approximate surface area is 378 Å². The normalized spacial score (nSPS) is 21.0. The highest BCUT2D eigenvalue weighted by Crippen LogP contribution is 2.44. The molecule has 1 aliphatic heterocycles. The molecule has 1 amide bonds. The number of rotatable bonds is 12. The van der Waals surface area contributed by atoms with Crippen LogP contribution >= 0.6 is 34.8 Å². The largest absolute Gasteiger partial charge is 0.492 e. The topological polar surface area (TPSA) is 137 Å². The van der Waals surface area contributed by atoms with E-state index < -0.39 is 21.5 Å². The lowest BCUT2D eigenvalue weighted by Crippen LogP contribution is -2.47. The third-order valence-electron chi connectivity index (χ3n) is 12.6. The van der Waals surface area contributed by atoms with E-state index in [1.807, 2.05) is 31.2 Å². The SMILES string of the molecule is CC1(C)CCC(CN2CCN(c3ccc(C(=O)NS(=O)(=O)c4ccc(OC[C@H]5CC[C@@](C)(O)CC5)c(Cl)c4)c(Oc4cccc5[nH]nc(Cl)c45)c3)CC2)=C(c2ccc(Cl)cc2)C1.